The molecule has 8 nitrogen and oxygen atoms in total. The van der Waals surface area contributed by atoms with E-state index in [2.05, 4.69) is 22.3 Å². The molecule has 4 atom stereocenters. The van der Waals surface area contributed by atoms with Gasteiger partial charge in [0.1, 0.15) is 30.9 Å². The van der Waals surface area contributed by atoms with Crippen LogP contribution in [0.5, 0.6) is 0 Å². The van der Waals surface area contributed by atoms with Gasteiger partial charge in [0.05, 0.1) is 6.54 Å². The van der Waals surface area contributed by atoms with Gasteiger partial charge in [-0.25, -0.2) is 0 Å². The number of ether oxygens (including phenoxy) is 2. The number of rotatable bonds is 8. The molecule has 5 rings (SSSR count). The number of piperidine rings is 1. The second-order valence-corrected chi connectivity index (χ2v) is 13.0. The Bertz CT molecular complexity index is 1040. The molecule has 1 aliphatic carbocycles. The summed E-state index contributed by atoms with van der Waals surface area (Å²) < 4.78 is 11.5. The highest BCUT2D eigenvalue weighted by Crippen LogP contribution is 2.34. The molecule has 0 radical (unpaired) electrons. The number of amides is 2. The van der Waals surface area contributed by atoms with Gasteiger partial charge in [0.25, 0.3) is 5.91 Å². The van der Waals surface area contributed by atoms with E-state index in [1.807, 2.05) is 39.8 Å². The predicted octanol–water partition coefficient (Wildman–Crippen LogP) is 3.54. The van der Waals surface area contributed by atoms with Gasteiger partial charge < -0.3 is 24.6 Å². The minimum absolute atomic E-state index is 0.00899. The lowest BCUT2D eigenvalue weighted by Crippen LogP contribution is -2.53. The topological polar surface area (TPSA) is 88.2 Å². The van der Waals surface area contributed by atoms with Gasteiger partial charge in [-0.05, 0) is 81.1 Å². The lowest BCUT2D eigenvalue weighted by Gasteiger charge is -2.42. The quantitative estimate of drug-likeness (QED) is 0.544. The van der Waals surface area contributed by atoms with Crippen molar-refractivity contribution in [2.75, 3.05) is 32.8 Å². The molecule has 0 spiro atoms. The van der Waals surface area contributed by atoms with Crippen molar-refractivity contribution in [3.63, 3.8) is 0 Å². The van der Waals surface area contributed by atoms with E-state index in [9.17, 15) is 14.4 Å². The van der Waals surface area contributed by atoms with Gasteiger partial charge in [-0.3, -0.25) is 14.4 Å². The number of nitrogens with zero attached hydrogens (tertiary/aromatic N) is 2. The van der Waals surface area contributed by atoms with E-state index >= 15 is 0 Å². The van der Waals surface area contributed by atoms with Gasteiger partial charge in [0, 0.05) is 18.2 Å². The van der Waals surface area contributed by atoms with Crippen molar-refractivity contribution in [2.45, 2.75) is 102 Å². The summed E-state index contributed by atoms with van der Waals surface area (Å²) in [6.07, 6.45) is 6.07. The fourth-order valence-corrected chi connectivity index (χ4v) is 6.71. The van der Waals surface area contributed by atoms with Crippen LogP contribution >= 0.6 is 0 Å². The molecule has 2 amide bonds. The van der Waals surface area contributed by atoms with Crippen LogP contribution in [-0.2, 0) is 19.1 Å². The molecule has 8 heteroatoms. The largest absolute Gasteiger partial charge is 0.374 e. The Labute approximate surface area is 232 Å². The number of hydrogen-bond acceptors (Lipinski definition) is 6. The Hall–Kier alpha value is -2.29. The summed E-state index contributed by atoms with van der Waals surface area (Å²) in [6, 6.07) is 7.32. The second-order valence-electron chi connectivity index (χ2n) is 13.0. The Balaban J connectivity index is 1.24. The standard InChI is InChI=1S/C31H45N3O5/c1-5-38-26-18-34(27-25(35)19-39-28(26)27)30(37)24(17-31(2,3)4)32-29(36)22-11-9-20(10-12-22)21-13-15-33(16-14-21)23-7-6-8-23/h9-12,21,23-24,26-28H,5-8,13-19H2,1-4H3,(H,32,36)/t24?,26-,27+,28+/m0/s1. The monoisotopic (exact) mass is 539 g/mol. The van der Waals surface area contributed by atoms with Gasteiger partial charge >= 0.3 is 0 Å². The molecular formula is C31H45N3O5. The number of nitrogens with one attached hydrogen (secondary N) is 1. The van der Waals surface area contributed by atoms with Crippen molar-refractivity contribution in [2.24, 2.45) is 5.41 Å². The van der Waals surface area contributed by atoms with E-state index in [0.29, 0.717) is 31.1 Å². The molecule has 1 saturated carbocycles. The van der Waals surface area contributed by atoms with E-state index in [-0.39, 0.29) is 35.7 Å². The Morgan fingerprint density at radius 1 is 1.10 bits per heavy atom. The molecular weight excluding hydrogens is 494 g/mol. The lowest BCUT2D eigenvalue weighted by atomic mass is 9.85. The first kappa shape index (κ1) is 28.2. The molecule has 0 aromatic heterocycles. The summed E-state index contributed by atoms with van der Waals surface area (Å²) in [4.78, 5) is 44.1. The first-order chi connectivity index (χ1) is 18.6. The molecule has 4 aliphatic rings. The minimum Gasteiger partial charge on any atom is -0.374 e. The highest BCUT2D eigenvalue weighted by Gasteiger charge is 2.53. The molecule has 3 heterocycles. The fraction of sp³-hybridized carbons (Fsp3) is 0.710. The maximum Gasteiger partial charge on any atom is 0.251 e. The summed E-state index contributed by atoms with van der Waals surface area (Å²) in [6.45, 7) is 11.1. The van der Waals surface area contributed by atoms with E-state index < -0.39 is 18.2 Å². The van der Waals surface area contributed by atoms with Crippen molar-refractivity contribution in [3.8, 4) is 0 Å². The van der Waals surface area contributed by atoms with Gasteiger partial charge in [-0.2, -0.15) is 0 Å². The van der Waals surface area contributed by atoms with Crippen molar-refractivity contribution in [1.82, 2.24) is 15.1 Å². The first-order valence-electron chi connectivity index (χ1n) is 14.9. The van der Waals surface area contributed by atoms with E-state index in [1.165, 1.54) is 24.8 Å². The fourth-order valence-electron chi connectivity index (χ4n) is 6.71. The van der Waals surface area contributed by atoms with Crippen LogP contribution in [0.2, 0.25) is 0 Å². The molecule has 214 valence electrons. The minimum atomic E-state index is -0.748. The van der Waals surface area contributed by atoms with Gasteiger partial charge in [-0.1, -0.05) is 39.3 Å². The first-order valence-corrected chi connectivity index (χ1v) is 14.9. The van der Waals surface area contributed by atoms with Crippen molar-refractivity contribution in [1.29, 1.82) is 0 Å². The molecule has 3 aliphatic heterocycles. The van der Waals surface area contributed by atoms with Crippen LogP contribution in [0, 0.1) is 5.41 Å². The van der Waals surface area contributed by atoms with E-state index in [0.717, 1.165) is 32.0 Å². The van der Waals surface area contributed by atoms with Crippen LogP contribution < -0.4 is 5.32 Å². The SMILES string of the molecule is CCO[C@H]1CN(C(=O)C(CC(C)(C)C)NC(=O)c2ccc(C3CCN(C4CCC4)CC3)cc2)[C@@H]2C(=O)CO[C@H]12. The number of carbonyl (C=O) groups is 3. The zero-order chi connectivity index (χ0) is 27.7. The van der Waals surface area contributed by atoms with Crippen molar-refractivity contribution in [3.05, 3.63) is 35.4 Å². The zero-order valence-electron chi connectivity index (χ0n) is 24.0. The Kier molecular flexibility index (Phi) is 8.45. The molecule has 39 heavy (non-hydrogen) atoms. The van der Waals surface area contributed by atoms with Crippen LogP contribution in [0.1, 0.15) is 88.1 Å². The van der Waals surface area contributed by atoms with Crippen molar-refractivity contribution < 1.29 is 23.9 Å². The lowest BCUT2D eigenvalue weighted by molar-refractivity contribution is -0.139. The molecule has 1 aromatic rings. The van der Waals surface area contributed by atoms with Crippen LogP contribution in [-0.4, -0.2) is 90.6 Å². The average Bonchev–Trinajstić information content (AvgIpc) is 3.43. The molecule has 1 unspecified atom stereocenters. The predicted molar refractivity (Wildman–Crippen MR) is 149 cm³/mol. The van der Waals surface area contributed by atoms with Crippen molar-refractivity contribution >= 4 is 17.6 Å². The van der Waals surface area contributed by atoms with Crippen LogP contribution in [0.25, 0.3) is 0 Å². The normalized spacial score (nSPS) is 27.3. The third-order valence-corrected chi connectivity index (χ3v) is 8.99. The van der Waals surface area contributed by atoms with Crippen LogP contribution in [0.15, 0.2) is 24.3 Å². The summed E-state index contributed by atoms with van der Waals surface area (Å²) in [5, 5.41) is 3.01. The third kappa shape index (κ3) is 6.23. The van der Waals surface area contributed by atoms with Gasteiger partial charge in [0.2, 0.25) is 5.91 Å². The number of carbonyl (C=O) groups excluding carboxylic acids is 3. The third-order valence-electron chi connectivity index (χ3n) is 8.99. The molecule has 1 aromatic carbocycles. The van der Waals surface area contributed by atoms with Crippen LogP contribution in [0.3, 0.4) is 0 Å². The van der Waals surface area contributed by atoms with E-state index in [4.69, 9.17) is 9.47 Å². The molecule has 3 saturated heterocycles. The summed E-state index contributed by atoms with van der Waals surface area (Å²) in [5.41, 5.74) is 1.62. The maximum absolute atomic E-state index is 13.8. The maximum atomic E-state index is 13.8. The number of fused-ring (bicyclic) bond motifs is 1. The van der Waals surface area contributed by atoms with E-state index in [1.54, 1.807) is 4.90 Å². The molecule has 0 bridgehead atoms. The summed E-state index contributed by atoms with van der Waals surface area (Å²) >= 11 is 0. The Morgan fingerprint density at radius 3 is 2.38 bits per heavy atom. The average molecular weight is 540 g/mol. The number of Topliss-reactive ketones (excluding diaryl/α,β-unsaturated/α-hetero) is 1. The zero-order valence-corrected chi connectivity index (χ0v) is 24.0. The second kappa shape index (κ2) is 11.7. The molecule has 4 fully saturated rings. The summed E-state index contributed by atoms with van der Waals surface area (Å²) in [7, 11) is 0. The highest BCUT2D eigenvalue weighted by atomic mass is 16.6. The Morgan fingerprint density at radius 2 is 1.79 bits per heavy atom. The smallest absolute Gasteiger partial charge is 0.251 e. The number of benzene rings is 1. The number of likely N-dealkylation sites (tertiary alicyclic amines) is 2. The van der Waals surface area contributed by atoms with Crippen LogP contribution in [0.4, 0.5) is 0 Å². The van der Waals surface area contributed by atoms with Gasteiger partial charge in [-0.15, -0.1) is 0 Å². The molecule has 1 N–H and O–H groups in total. The van der Waals surface area contributed by atoms with Gasteiger partial charge in [0.15, 0.2) is 5.78 Å². The highest BCUT2D eigenvalue weighted by molar-refractivity contribution is 5.99. The summed E-state index contributed by atoms with van der Waals surface area (Å²) in [5.74, 6) is -0.0917. The number of ketones is 1. The number of hydrogen-bond donors (Lipinski definition) is 1.